The maximum absolute atomic E-state index is 6.07. The topological polar surface area (TPSA) is 4.93 Å². The van der Waals surface area contributed by atoms with Crippen LogP contribution in [-0.4, -0.2) is 4.57 Å². The summed E-state index contributed by atoms with van der Waals surface area (Å²) in [5.74, 6) is 0. The van der Waals surface area contributed by atoms with E-state index in [1.807, 2.05) is 12.1 Å². The van der Waals surface area contributed by atoms with Crippen molar-refractivity contribution in [2.75, 3.05) is 0 Å². The van der Waals surface area contributed by atoms with E-state index in [9.17, 15) is 0 Å². The Hall–Kier alpha value is -1.99. The molecule has 1 aromatic heterocycles. The summed E-state index contributed by atoms with van der Waals surface area (Å²) < 4.78 is 2.49. The summed E-state index contributed by atoms with van der Waals surface area (Å²) >= 11 is 6.07. The van der Waals surface area contributed by atoms with Gasteiger partial charge >= 0.3 is 0 Å². The Kier molecular flexibility index (Phi) is 3.31. The van der Waals surface area contributed by atoms with Crippen molar-refractivity contribution in [3.05, 3.63) is 71.0 Å². The Balaban J connectivity index is 2.00. The van der Waals surface area contributed by atoms with Crippen LogP contribution >= 0.6 is 11.6 Å². The molecule has 2 heteroatoms. The van der Waals surface area contributed by atoms with Gasteiger partial charge in [0.05, 0.1) is 0 Å². The number of fused-ring (bicyclic) bond motifs is 1. The van der Waals surface area contributed by atoms with Gasteiger partial charge in [-0.25, -0.2) is 0 Å². The first-order valence-corrected chi connectivity index (χ1v) is 8.17. The van der Waals surface area contributed by atoms with Crippen LogP contribution in [0.25, 0.3) is 22.3 Å². The predicted molar refractivity (Wildman–Crippen MR) is 93.4 cm³/mol. The van der Waals surface area contributed by atoms with Crippen molar-refractivity contribution in [2.24, 2.45) is 0 Å². The maximum atomic E-state index is 6.07. The first kappa shape index (κ1) is 13.7. The van der Waals surface area contributed by atoms with Crippen LogP contribution in [0.1, 0.15) is 17.8 Å². The van der Waals surface area contributed by atoms with E-state index in [0.717, 1.165) is 11.6 Å². The van der Waals surface area contributed by atoms with Crippen LogP contribution in [0.15, 0.2) is 54.6 Å². The van der Waals surface area contributed by atoms with E-state index in [0.29, 0.717) is 0 Å². The van der Waals surface area contributed by atoms with Gasteiger partial charge in [0.25, 0.3) is 0 Å². The third kappa shape index (κ3) is 2.08. The molecule has 2 heterocycles. The molecule has 0 aliphatic carbocycles. The number of halogens is 1. The van der Waals surface area contributed by atoms with Gasteiger partial charge in [-0.2, -0.15) is 0 Å². The fraction of sp³-hybridized carbons (Fsp3) is 0.200. The molecule has 0 amide bonds. The third-order valence-electron chi connectivity index (χ3n) is 4.62. The van der Waals surface area contributed by atoms with Crippen molar-refractivity contribution < 1.29 is 0 Å². The smallest absolute Gasteiger partial charge is 0.0406 e. The highest BCUT2D eigenvalue weighted by molar-refractivity contribution is 6.30. The molecule has 0 radical (unpaired) electrons. The summed E-state index contributed by atoms with van der Waals surface area (Å²) in [5, 5.41) is 0.786. The van der Waals surface area contributed by atoms with E-state index < -0.39 is 0 Å². The molecule has 1 aliphatic heterocycles. The zero-order valence-corrected chi connectivity index (χ0v) is 13.4. The van der Waals surface area contributed by atoms with Crippen molar-refractivity contribution in [2.45, 2.75) is 26.3 Å². The molecule has 0 saturated heterocycles. The normalized spacial score (nSPS) is 13.4. The summed E-state index contributed by atoms with van der Waals surface area (Å²) in [6.07, 6.45) is 2.41. The van der Waals surface area contributed by atoms with Gasteiger partial charge in [-0.05, 0) is 43.0 Å². The molecular weight excluding hydrogens is 290 g/mol. The Morgan fingerprint density at radius 1 is 0.864 bits per heavy atom. The first-order valence-electron chi connectivity index (χ1n) is 7.79. The van der Waals surface area contributed by atoms with E-state index >= 15 is 0 Å². The Labute approximate surface area is 136 Å². The molecule has 4 rings (SSSR count). The number of rotatable bonds is 2. The fourth-order valence-corrected chi connectivity index (χ4v) is 3.78. The second-order valence-electron chi connectivity index (χ2n) is 5.91. The first-order chi connectivity index (χ1) is 10.8. The monoisotopic (exact) mass is 307 g/mol. The number of hydrogen-bond donors (Lipinski definition) is 0. The van der Waals surface area contributed by atoms with Crippen molar-refractivity contribution in [3.8, 4) is 22.3 Å². The Morgan fingerprint density at radius 3 is 2.27 bits per heavy atom. The van der Waals surface area contributed by atoms with Crippen LogP contribution < -0.4 is 0 Å². The van der Waals surface area contributed by atoms with E-state index in [-0.39, 0.29) is 0 Å². The lowest BCUT2D eigenvalue weighted by molar-refractivity contribution is 0.730. The van der Waals surface area contributed by atoms with E-state index in [2.05, 4.69) is 54.0 Å². The van der Waals surface area contributed by atoms with E-state index in [1.165, 1.54) is 46.5 Å². The molecule has 1 aliphatic rings. The molecular formula is C20H18ClN. The maximum Gasteiger partial charge on any atom is 0.0406 e. The van der Waals surface area contributed by atoms with Crippen LogP contribution in [0.2, 0.25) is 5.02 Å². The van der Waals surface area contributed by atoms with Crippen LogP contribution in [-0.2, 0) is 13.0 Å². The minimum atomic E-state index is 0.786. The zero-order chi connectivity index (χ0) is 15.1. The quantitative estimate of drug-likeness (QED) is 0.570. The molecule has 1 nitrogen and oxygen atoms in total. The summed E-state index contributed by atoms with van der Waals surface area (Å²) in [4.78, 5) is 0. The van der Waals surface area contributed by atoms with Crippen LogP contribution in [0.5, 0.6) is 0 Å². The zero-order valence-electron chi connectivity index (χ0n) is 12.6. The van der Waals surface area contributed by atoms with Gasteiger partial charge in [-0.1, -0.05) is 54.1 Å². The summed E-state index contributed by atoms with van der Waals surface area (Å²) in [6, 6.07) is 19.0. The van der Waals surface area contributed by atoms with Gasteiger partial charge in [0.1, 0.15) is 0 Å². The predicted octanol–water partition coefficient (Wildman–Crippen LogP) is 5.73. The Morgan fingerprint density at radius 2 is 1.55 bits per heavy atom. The molecule has 2 aromatic carbocycles. The molecule has 110 valence electrons. The average Bonchev–Trinajstić information content (AvgIpc) is 3.12. The lowest BCUT2D eigenvalue weighted by Gasteiger charge is -2.09. The van der Waals surface area contributed by atoms with Crippen molar-refractivity contribution in [3.63, 3.8) is 0 Å². The highest BCUT2D eigenvalue weighted by Crippen LogP contribution is 2.42. The van der Waals surface area contributed by atoms with Crippen LogP contribution in [0, 0.1) is 6.92 Å². The van der Waals surface area contributed by atoms with Crippen molar-refractivity contribution in [1.29, 1.82) is 0 Å². The van der Waals surface area contributed by atoms with Gasteiger partial charge in [0.2, 0.25) is 0 Å². The van der Waals surface area contributed by atoms with Gasteiger partial charge in [-0.3, -0.25) is 0 Å². The third-order valence-corrected chi connectivity index (χ3v) is 4.87. The fourth-order valence-electron chi connectivity index (χ4n) is 3.65. The molecule has 22 heavy (non-hydrogen) atoms. The lowest BCUT2D eigenvalue weighted by Crippen LogP contribution is -1.94. The molecule has 0 N–H and O–H groups in total. The number of nitrogens with zero attached hydrogens (tertiary/aromatic N) is 1. The molecule has 0 fully saturated rings. The molecule has 0 unspecified atom stereocenters. The SMILES string of the molecule is Cc1c(-c2ccc(Cl)cc2)c(-c2ccccc2)c2n1CCC2. The summed E-state index contributed by atoms with van der Waals surface area (Å²) in [7, 11) is 0. The minimum absolute atomic E-state index is 0.786. The Bertz CT molecular complexity index is 813. The minimum Gasteiger partial charge on any atom is -0.348 e. The molecule has 0 spiro atoms. The second-order valence-corrected chi connectivity index (χ2v) is 6.35. The lowest BCUT2D eigenvalue weighted by atomic mass is 9.94. The standard InChI is InChI=1S/C20H18ClN/c1-14-19(16-9-11-17(21)12-10-16)20(15-6-3-2-4-7-15)18-8-5-13-22(14)18/h2-4,6-7,9-12H,5,8,13H2,1H3. The molecule has 3 aromatic rings. The largest absolute Gasteiger partial charge is 0.348 e. The van der Waals surface area contributed by atoms with Crippen LogP contribution in [0.4, 0.5) is 0 Å². The number of benzene rings is 2. The molecule has 0 saturated carbocycles. The van der Waals surface area contributed by atoms with E-state index in [1.54, 1.807) is 0 Å². The van der Waals surface area contributed by atoms with Gasteiger partial charge < -0.3 is 4.57 Å². The van der Waals surface area contributed by atoms with Gasteiger partial charge in [0, 0.05) is 34.1 Å². The van der Waals surface area contributed by atoms with E-state index in [4.69, 9.17) is 11.6 Å². The highest BCUT2D eigenvalue weighted by atomic mass is 35.5. The van der Waals surface area contributed by atoms with Crippen molar-refractivity contribution in [1.82, 2.24) is 4.57 Å². The van der Waals surface area contributed by atoms with Gasteiger partial charge in [0.15, 0.2) is 0 Å². The molecule has 0 atom stereocenters. The van der Waals surface area contributed by atoms with Crippen molar-refractivity contribution >= 4 is 11.6 Å². The summed E-state index contributed by atoms with van der Waals surface area (Å²) in [5.41, 5.74) is 8.17. The number of aromatic nitrogens is 1. The highest BCUT2D eigenvalue weighted by Gasteiger charge is 2.25. The summed E-state index contributed by atoms with van der Waals surface area (Å²) in [6.45, 7) is 3.37. The molecule has 0 bridgehead atoms. The average molecular weight is 308 g/mol. The second kappa shape index (κ2) is 5.33. The van der Waals surface area contributed by atoms with Gasteiger partial charge in [-0.15, -0.1) is 0 Å². The van der Waals surface area contributed by atoms with Crippen LogP contribution in [0.3, 0.4) is 0 Å². The number of hydrogen-bond acceptors (Lipinski definition) is 0.